The number of likely N-dealkylation sites (N-methyl/N-ethyl adjacent to an activating group) is 1. The summed E-state index contributed by atoms with van der Waals surface area (Å²) in [5.41, 5.74) is 2.56. The van der Waals surface area contributed by atoms with Crippen LogP contribution in [0.15, 0.2) is 24.3 Å². The lowest BCUT2D eigenvalue weighted by Crippen LogP contribution is -2.22. The molecule has 0 fully saturated rings. The molecule has 1 N–H and O–H groups in total. The van der Waals surface area contributed by atoms with Crippen LogP contribution in [0.5, 0.6) is 0 Å². The number of hydrogen-bond acceptors (Lipinski definition) is 2. The molecule has 1 aromatic carbocycles. The maximum atomic E-state index is 6.10. The zero-order valence-corrected chi connectivity index (χ0v) is 12.2. The monoisotopic (exact) mass is 249 g/mol. The van der Waals surface area contributed by atoms with E-state index >= 15 is 0 Å². The predicted molar refractivity (Wildman–Crippen MR) is 77.9 cm³/mol. The predicted octanol–water partition coefficient (Wildman–Crippen LogP) is 3.71. The fourth-order valence-corrected chi connectivity index (χ4v) is 2.11. The molecule has 0 aliphatic carbocycles. The fraction of sp³-hybridized carbons (Fsp3) is 0.625. The summed E-state index contributed by atoms with van der Waals surface area (Å²) in [6.07, 6.45) is 2.54. The number of aryl methyl sites for hydroxylation is 1. The standard InChI is InChI=1S/C16H27NO/c1-5-14(6-2)12-18-16(11-17-4)15-9-7-8-13(3)10-15/h7-10,14,16-17H,5-6,11-12H2,1-4H3. The zero-order valence-electron chi connectivity index (χ0n) is 12.2. The highest BCUT2D eigenvalue weighted by atomic mass is 16.5. The van der Waals surface area contributed by atoms with Crippen LogP contribution >= 0.6 is 0 Å². The summed E-state index contributed by atoms with van der Waals surface area (Å²) in [4.78, 5) is 0. The Kier molecular flexibility index (Phi) is 6.99. The van der Waals surface area contributed by atoms with Crippen LogP contribution in [0.3, 0.4) is 0 Å². The van der Waals surface area contributed by atoms with Crippen molar-refractivity contribution >= 4 is 0 Å². The first kappa shape index (κ1) is 15.2. The van der Waals surface area contributed by atoms with Gasteiger partial charge < -0.3 is 10.1 Å². The van der Waals surface area contributed by atoms with Gasteiger partial charge in [0.2, 0.25) is 0 Å². The van der Waals surface area contributed by atoms with E-state index in [4.69, 9.17) is 4.74 Å². The molecule has 0 radical (unpaired) electrons. The van der Waals surface area contributed by atoms with Crippen molar-refractivity contribution in [3.8, 4) is 0 Å². The van der Waals surface area contributed by atoms with Gasteiger partial charge >= 0.3 is 0 Å². The summed E-state index contributed by atoms with van der Waals surface area (Å²) in [6.45, 7) is 8.31. The number of ether oxygens (including phenoxy) is 1. The molecule has 0 amide bonds. The zero-order chi connectivity index (χ0) is 13.4. The highest BCUT2D eigenvalue weighted by molar-refractivity contribution is 5.24. The Labute approximate surface area is 112 Å². The van der Waals surface area contributed by atoms with Gasteiger partial charge in [-0.25, -0.2) is 0 Å². The molecule has 18 heavy (non-hydrogen) atoms. The van der Waals surface area contributed by atoms with Crippen LogP contribution < -0.4 is 5.32 Å². The van der Waals surface area contributed by atoms with Crippen LogP contribution in [0, 0.1) is 12.8 Å². The summed E-state index contributed by atoms with van der Waals surface area (Å²) in [6, 6.07) is 8.60. The molecule has 102 valence electrons. The lowest BCUT2D eigenvalue weighted by atomic mass is 10.0. The Bertz CT molecular complexity index is 334. The van der Waals surface area contributed by atoms with Crippen LogP contribution in [0.2, 0.25) is 0 Å². The molecule has 0 aliphatic heterocycles. The third-order valence-corrected chi connectivity index (χ3v) is 3.49. The third kappa shape index (κ3) is 4.79. The fourth-order valence-electron chi connectivity index (χ4n) is 2.11. The van der Waals surface area contributed by atoms with E-state index in [-0.39, 0.29) is 6.10 Å². The molecule has 1 atom stereocenters. The first-order valence-electron chi connectivity index (χ1n) is 7.04. The smallest absolute Gasteiger partial charge is 0.0949 e. The Morgan fingerprint density at radius 1 is 1.22 bits per heavy atom. The van der Waals surface area contributed by atoms with Crippen LogP contribution in [0.25, 0.3) is 0 Å². The maximum absolute atomic E-state index is 6.10. The second-order valence-electron chi connectivity index (χ2n) is 4.98. The van der Waals surface area contributed by atoms with Crippen LogP contribution in [-0.4, -0.2) is 20.2 Å². The van der Waals surface area contributed by atoms with E-state index in [0.717, 1.165) is 13.2 Å². The summed E-state index contributed by atoms with van der Waals surface area (Å²) >= 11 is 0. The second-order valence-corrected chi connectivity index (χ2v) is 4.98. The minimum atomic E-state index is 0.162. The van der Waals surface area contributed by atoms with Crippen LogP contribution in [0.1, 0.15) is 43.9 Å². The van der Waals surface area contributed by atoms with E-state index in [1.165, 1.54) is 24.0 Å². The second kappa shape index (κ2) is 8.28. The number of nitrogens with one attached hydrogen (secondary N) is 1. The van der Waals surface area contributed by atoms with Crippen molar-refractivity contribution in [2.24, 2.45) is 5.92 Å². The molecule has 0 aromatic heterocycles. The van der Waals surface area contributed by atoms with Crippen LogP contribution in [-0.2, 0) is 4.74 Å². The Balaban J connectivity index is 2.64. The quantitative estimate of drug-likeness (QED) is 0.758. The normalized spacial score (nSPS) is 12.9. The molecule has 0 spiro atoms. The Hall–Kier alpha value is -0.860. The molecule has 0 aliphatic rings. The number of hydrogen-bond donors (Lipinski definition) is 1. The van der Waals surface area contributed by atoms with Gasteiger partial charge in [-0.1, -0.05) is 56.5 Å². The average molecular weight is 249 g/mol. The van der Waals surface area contributed by atoms with Crippen molar-refractivity contribution in [3.63, 3.8) is 0 Å². The SMILES string of the molecule is CCC(CC)COC(CNC)c1cccc(C)c1. The largest absolute Gasteiger partial charge is 0.372 e. The molecular formula is C16H27NO. The molecule has 0 bridgehead atoms. The molecule has 0 heterocycles. The van der Waals surface area contributed by atoms with E-state index in [1.54, 1.807) is 0 Å². The van der Waals surface area contributed by atoms with Crippen molar-refractivity contribution in [3.05, 3.63) is 35.4 Å². The van der Waals surface area contributed by atoms with Gasteiger partial charge in [-0.2, -0.15) is 0 Å². The van der Waals surface area contributed by atoms with Gasteiger partial charge in [0.15, 0.2) is 0 Å². The highest BCUT2D eigenvalue weighted by Gasteiger charge is 2.13. The van der Waals surface area contributed by atoms with Crippen LogP contribution in [0.4, 0.5) is 0 Å². The maximum Gasteiger partial charge on any atom is 0.0949 e. The van der Waals surface area contributed by atoms with Crippen molar-refractivity contribution in [1.29, 1.82) is 0 Å². The van der Waals surface area contributed by atoms with Gasteiger partial charge in [0.05, 0.1) is 12.7 Å². The summed E-state index contributed by atoms with van der Waals surface area (Å²) < 4.78 is 6.10. The first-order valence-corrected chi connectivity index (χ1v) is 7.04. The van der Waals surface area contributed by atoms with Crippen molar-refractivity contribution in [2.75, 3.05) is 20.2 Å². The average Bonchev–Trinajstić information content (AvgIpc) is 2.38. The molecule has 0 saturated heterocycles. The summed E-state index contributed by atoms with van der Waals surface area (Å²) in [5.74, 6) is 0.675. The minimum Gasteiger partial charge on any atom is -0.372 e. The van der Waals surface area contributed by atoms with Gasteiger partial charge in [0, 0.05) is 6.54 Å². The van der Waals surface area contributed by atoms with Crippen molar-refractivity contribution < 1.29 is 4.74 Å². The number of rotatable bonds is 8. The third-order valence-electron chi connectivity index (χ3n) is 3.49. The Morgan fingerprint density at radius 3 is 2.50 bits per heavy atom. The van der Waals surface area contributed by atoms with Gasteiger partial charge in [-0.15, -0.1) is 0 Å². The van der Waals surface area contributed by atoms with Gasteiger partial charge in [-0.3, -0.25) is 0 Å². The lowest BCUT2D eigenvalue weighted by Gasteiger charge is -2.21. The van der Waals surface area contributed by atoms with E-state index in [2.05, 4.69) is 50.4 Å². The van der Waals surface area contributed by atoms with E-state index in [0.29, 0.717) is 5.92 Å². The topological polar surface area (TPSA) is 21.3 Å². The first-order chi connectivity index (χ1) is 8.71. The van der Waals surface area contributed by atoms with Gasteiger partial charge in [0.25, 0.3) is 0 Å². The Morgan fingerprint density at radius 2 is 1.94 bits per heavy atom. The summed E-state index contributed by atoms with van der Waals surface area (Å²) in [5, 5.41) is 3.22. The molecular weight excluding hydrogens is 222 g/mol. The molecule has 0 saturated carbocycles. The highest BCUT2D eigenvalue weighted by Crippen LogP contribution is 2.20. The van der Waals surface area contributed by atoms with Gasteiger partial charge in [0.1, 0.15) is 0 Å². The molecule has 2 nitrogen and oxygen atoms in total. The summed E-state index contributed by atoms with van der Waals surface area (Å²) in [7, 11) is 1.98. The number of benzene rings is 1. The lowest BCUT2D eigenvalue weighted by molar-refractivity contribution is 0.0275. The van der Waals surface area contributed by atoms with E-state index in [9.17, 15) is 0 Å². The van der Waals surface area contributed by atoms with E-state index in [1.807, 2.05) is 7.05 Å². The van der Waals surface area contributed by atoms with E-state index < -0.39 is 0 Å². The van der Waals surface area contributed by atoms with Gasteiger partial charge in [-0.05, 0) is 25.5 Å². The molecule has 1 aromatic rings. The minimum absolute atomic E-state index is 0.162. The molecule has 1 unspecified atom stereocenters. The van der Waals surface area contributed by atoms with Crippen molar-refractivity contribution in [1.82, 2.24) is 5.32 Å². The molecule has 1 rings (SSSR count). The van der Waals surface area contributed by atoms with Crippen molar-refractivity contribution in [2.45, 2.75) is 39.7 Å². The molecule has 2 heteroatoms.